The summed E-state index contributed by atoms with van der Waals surface area (Å²) in [7, 11) is 0. The summed E-state index contributed by atoms with van der Waals surface area (Å²) in [6.07, 6.45) is 0. The van der Waals surface area contributed by atoms with Gasteiger partial charge in [-0.3, -0.25) is 14.9 Å². The molecule has 0 aliphatic carbocycles. The van der Waals surface area contributed by atoms with Crippen molar-refractivity contribution in [3.8, 4) is 0 Å². The minimum absolute atomic E-state index is 0.343. The molecule has 2 radical (unpaired) electrons. The van der Waals surface area contributed by atoms with Gasteiger partial charge in [-0.15, -0.1) is 0 Å². The average molecular weight is 115 g/mol. The van der Waals surface area contributed by atoms with E-state index in [9.17, 15) is 9.59 Å². The predicted octanol–water partition coefficient (Wildman–Crippen LogP) is 0.00819. The van der Waals surface area contributed by atoms with E-state index in [1.807, 2.05) is 5.32 Å². The van der Waals surface area contributed by atoms with E-state index in [1.54, 1.807) is 0 Å². The van der Waals surface area contributed by atoms with Crippen molar-refractivity contribution in [2.45, 2.75) is 0 Å². The Morgan fingerprint density at radius 2 is 2.29 bits per heavy atom. The molecule has 0 bridgehead atoms. The fourth-order valence-electron chi connectivity index (χ4n) is 0.236. The van der Waals surface area contributed by atoms with Crippen LogP contribution < -0.4 is 5.32 Å². The third-order valence-corrected chi connectivity index (χ3v) is 1.03. The van der Waals surface area contributed by atoms with Crippen LogP contribution in [0.5, 0.6) is 0 Å². The van der Waals surface area contributed by atoms with Crippen LogP contribution in [0, 0.1) is 5.75 Å². The van der Waals surface area contributed by atoms with Gasteiger partial charge in [-0.25, -0.2) is 0 Å². The van der Waals surface area contributed by atoms with E-state index in [0.717, 1.165) is 11.8 Å². The van der Waals surface area contributed by atoms with Gasteiger partial charge in [0.25, 0.3) is 5.24 Å². The van der Waals surface area contributed by atoms with Crippen LogP contribution >= 0.6 is 11.8 Å². The SMILES string of the molecule is O=C1[C]SC(=O)N1. The van der Waals surface area contributed by atoms with Crippen molar-refractivity contribution in [1.29, 1.82) is 0 Å². The molecule has 0 saturated carbocycles. The third-order valence-electron chi connectivity index (χ3n) is 0.452. The quantitative estimate of drug-likeness (QED) is 0.483. The van der Waals surface area contributed by atoms with Crippen LogP contribution in [0.1, 0.15) is 0 Å². The van der Waals surface area contributed by atoms with E-state index in [4.69, 9.17) is 0 Å². The van der Waals surface area contributed by atoms with Gasteiger partial charge in [0.15, 0.2) is 5.75 Å². The highest BCUT2D eigenvalue weighted by atomic mass is 32.2. The molecule has 1 rings (SSSR count). The summed E-state index contributed by atoms with van der Waals surface area (Å²) in [5.41, 5.74) is 0. The van der Waals surface area contributed by atoms with Crippen LogP contribution in [0.15, 0.2) is 0 Å². The number of carbonyl (C=O) groups is 2. The van der Waals surface area contributed by atoms with Gasteiger partial charge < -0.3 is 0 Å². The first kappa shape index (κ1) is 4.64. The maximum atomic E-state index is 10.0. The number of imide groups is 1. The van der Waals surface area contributed by atoms with E-state index in [-0.39, 0.29) is 5.24 Å². The molecule has 1 heterocycles. The summed E-state index contributed by atoms with van der Waals surface area (Å²) in [6, 6.07) is 0. The lowest BCUT2D eigenvalue weighted by Gasteiger charge is -1.77. The van der Waals surface area contributed by atoms with Crippen LogP contribution in [-0.2, 0) is 4.79 Å². The van der Waals surface area contributed by atoms with Crippen LogP contribution in [0.4, 0.5) is 4.79 Å². The molecule has 7 heavy (non-hydrogen) atoms. The Morgan fingerprint density at radius 1 is 1.57 bits per heavy atom. The Bertz CT molecular complexity index is 108. The normalized spacial score (nSPS) is 20.0. The smallest absolute Gasteiger partial charge is 0.286 e. The number of carbonyl (C=O) groups excluding carboxylic acids is 2. The summed E-state index contributed by atoms with van der Waals surface area (Å²) in [5, 5.41) is 1.65. The Morgan fingerprint density at radius 3 is 2.43 bits per heavy atom. The summed E-state index contributed by atoms with van der Waals surface area (Å²) in [6.45, 7) is 0. The highest BCUT2D eigenvalue weighted by Crippen LogP contribution is 2.11. The molecule has 1 fully saturated rings. The molecule has 0 atom stereocenters. The van der Waals surface area contributed by atoms with Gasteiger partial charge in [0.2, 0.25) is 5.91 Å². The van der Waals surface area contributed by atoms with Gasteiger partial charge in [0, 0.05) is 0 Å². The van der Waals surface area contributed by atoms with Gasteiger partial charge in [-0.05, 0) is 11.8 Å². The van der Waals surface area contributed by atoms with Crippen molar-refractivity contribution >= 4 is 22.9 Å². The van der Waals surface area contributed by atoms with E-state index in [0.29, 0.717) is 0 Å². The van der Waals surface area contributed by atoms with Crippen molar-refractivity contribution in [1.82, 2.24) is 5.32 Å². The molecular weight excluding hydrogens is 114 g/mol. The van der Waals surface area contributed by atoms with Gasteiger partial charge in [0.05, 0.1) is 0 Å². The van der Waals surface area contributed by atoms with Crippen LogP contribution in [0.2, 0.25) is 0 Å². The Labute approximate surface area is 44.5 Å². The van der Waals surface area contributed by atoms with Crippen LogP contribution in [0.3, 0.4) is 0 Å². The van der Waals surface area contributed by atoms with Crippen molar-refractivity contribution in [2.75, 3.05) is 0 Å². The standard InChI is InChI=1S/C3HNO2S/c5-2-1-7-3(6)4-2/h(H,4,5,6). The average Bonchev–Trinajstić information content (AvgIpc) is 1.87. The molecule has 0 aromatic carbocycles. The molecular formula is C3HNO2S. The monoisotopic (exact) mass is 115 g/mol. The Kier molecular flexibility index (Phi) is 1.02. The summed E-state index contributed by atoms with van der Waals surface area (Å²) >= 11 is 0.756. The third kappa shape index (κ3) is 0.928. The number of hydrogen-bond acceptors (Lipinski definition) is 3. The van der Waals surface area contributed by atoms with Gasteiger partial charge in [-0.1, -0.05) is 0 Å². The van der Waals surface area contributed by atoms with Gasteiger partial charge in [-0.2, -0.15) is 0 Å². The fourth-order valence-corrected chi connectivity index (χ4v) is 0.617. The van der Waals surface area contributed by atoms with E-state index >= 15 is 0 Å². The lowest BCUT2D eigenvalue weighted by molar-refractivity contribution is -0.115. The number of thioether (sulfide) groups is 1. The van der Waals surface area contributed by atoms with E-state index < -0.39 is 5.91 Å². The topological polar surface area (TPSA) is 46.2 Å². The predicted molar refractivity (Wildman–Crippen MR) is 24.4 cm³/mol. The first-order valence-corrected chi connectivity index (χ1v) is 2.38. The number of nitrogens with one attached hydrogen (secondary N) is 1. The molecule has 0 unspecified atom stereocenters. The summed E-state index contributed by atoms with van der Waals surface area (Å²) < 4.78 is 0. The van der Waals surface area contributed by atoms with Gasteiger partial charge in [0.1, 0.15) is 0 Å². The van der Waals surface area contributed by atoms with Crippen molar-refractivity contribution < 1.29 is 9.59 Å². The van der Waals surface area contributed by atoms with Crippen LogP contribution in [-0.4, -0.2) is 11.1 Å². The zero-order valence-electron chi connectivity index (χ0n) is 3.22. The second kappa shape index (κ2) is 1.54. The van der Waals surface area contributed by atoms with E-state index in [1.165, 1.54) is 0 Å². The molecule has 4 heteroatoms. The molecule has 2 amide bonds. The second-order valence-electron chi connectivity index (χ2n) is 0.946. The molecule has 1 saturated heterocycles. The second-order valence-corrected chi connectivity index (χ2v) is 1.72. The maximum Gasteiger partial charge on any atom is 0.286 e. The van der Waals surface area contributed by atoms with Crippen molar-refractivity contribution in [2.24, 2.45) is 0 Å². The first-order chi connectivity index (χ1) is 3.29. The molecule has 0 aromatic heterocycles. The van der Waals surface area contributed by atoms with E-state index in [2.05, 4.69) is 5.75 Å². The number of amides is 2. The van der Waals surface area contributed by atoms with Crippen LogP contribution in [0.25, 0.3) is 0 Å². The lowest BCUT2D eigenvalue weighted by atomic mass is 10.7. The Balaban J connectivity index is 2.55. The highest BCUT2D eigenvalue weighted by molar-refractivity contribution is 8.16. The highest BCUT2D eigenvalue weighted by Gasteiger charge is 2.18. The first-order valence-electron chi connectivity index (χ1n) is 1.57. The Hall–Kier alpha value is -0.510. The molecule has 3 nitrogen and oxygen atoms in total. The number of rotatable bonds is 0. The molecule has 1 aliphatic rings. The van der Waals surface area contributed by atoms with Crippen molar-refractivity contribution in [3.63, 3.8) is 0 Å². The summed E-state index contributed by atoms with van der Waals surface area (Å²) in [4.78, 5) is 20.0. The molecule has 1 N–H and O–H groups in total. The minimum atomic E-state index is -0.435. The largest absolute Gasteiger partial charge is 0.286 e. The zero-order valence-corrected chi connectivity index (χ0v) is 4.04. The van der Waals surface area contributed by atoms with Crippen molar-refractivity contribution in [3.05, 3.63) is 5.75 Å². The number of hydrogen-bond donors (Lipinski definition) is 1. The summed E-state index contributed by atoms with van der Waals surface area (Å²) in [5.74, 6) is 1.75. The molecule has 36 valence electrons. The van der Waals surface area contributed by atoms with Gasteiger partial charge >= 0.3 is 0 Å². The molecule has 1 aliphatic heterocycles. The lowest BCUT2D eigenvalue weighted by Crippen LogP contribution is -2.16. The molecule has 0 spiro atoms. The molecule has 0 aromatic rings. The maximum absolute atomic E-state index is 10.0. The fraction of sp³-hybridized carbons (Fsp3) is 0. The minimum Gasteiger partial charge on any atom is -0.286 e. The zero-order chi connectivity index (χ0) is 5.28.